The molecule has 0 aliphatic carbocycles. The minimum atomic E-state index is 0.282. The fourth-order valence-corrected chi connectivity index (χ4v) is 1.66. The van der Waals surface area contributed by atoms with E-state index in [1.807, 2.05) is 11.6 Å². The van der Waals surface area contributed by atoms with Crippen molar-refractivity contribution in [3.05, 3.63) is 12.2 Å². The highest BCUT2D eigenvalue weighted by atomic mass is 16.5. The second-order valence-electron chi connectivity index (χ2n) is 4.43. The number of ether oxygens (including phenoxy) is 1. The topological polar surface area (TPSA) is 103 Å². The van der Waals surface area contributed by atoms with Crippen LogP contribution in [-0.4, -0.2) is 49.9 Å². The first kappa shape index (κ1) is 14.9. The van der Waals surface area contributed by atoms with E-state index in [2.05, 4.69) is 42.7 Å². The van der Waals surface area contributed by atoms with Crippen molar-refractivity contribution in [1.82, 2.24) is 29.7 Å². The molecule has 0 unspecified atom stereocenters. The summed E-state index contributed by atoms with van der Waals surface area (Å²) >= 11 is 0. The zero-order chi connectivity index (χ0) is 15.1. The van der Waals surface area contributed by atoms with Crippen LogP contribution >= 0.6 is 0 Å². The Morgan fingerprint density at radius 1 is 1.14 bits per heavy atom. The van der Waals surface area contributed by atoms with Gasteiger partial charge in [0.05, 0.1) is 7.11 Å². The normalized spacial score (nSPS) is 10.4. The van der Waals surface area contributed by atoms with Crippen LogP contribution < -0.4 is 15.4 Å². The molecule has 0 spiro atoms. The lowest BCUT2D eigenvalue weighted by Crippen LogP contribution is -2.13. The molecule has 0 saturated carbocycles. The lowest BCUT2D eigenvalue weighted by atomic mass is 10.4. The van der Waals surface area contributed by atoms with Gasteiger partial charge >= 0.3 is 6.01 Å². The number of nitrogens with one attached hydrogen (secondary N) is 2. The molecular formula is C12H20N8O. The van der Waals surface area contributed by atoms with Crippen molar-refractivity contribution >= 4 is 11.9 Å². The van der Waals surface area contributed by atoms with Crippen molar-refractivity contribution in [2.75, 3.05) is 30.8 Å². The predicted molar refractivity (Wildman–Crippen MR) is 78.4 cm³/mol. The van der Waals surface area contributed by atoms with Gasteiger partial charge < -0.3 is 19.9 Å². The Morgan fingerprint density at radius 3 is 2.43 bits per heavy atom. The average molecular weight is 292 g/mol. The van der Waals surface area contributed by atoms with Gasteiger partial charge in [-0.2, -0.15) is 15.0 Å². The maximum Gasteiger partial charge on any atom is 0.322 e. The molecular weight excluding hydrogens is 272 g/mol. The van der Waals surface area contributed by atoms with E-state index in [1.165, 1.54) is 7.11 Å². The van der Waals surface area contributed by atoms with E-state index in [-0.39, 0.29) is 6.01 Å². The number of hydrogen-bond acceptors (Lipinski definition) is 8. The molecule has 0 aromatic carbocycles. The van der Waals surface area contributed by atoms with Crippen LogP contribution in [0.5, 0.6) is 6.01 Å². The molecule has 2 heterocycles. The van der Waals surface area contributed by atoms with Crippen molar-refractivity contribution in [1.29, 1.82) is 0 Å². The minimum Gasteiger partial charge on any atom is -0.467 e. The number of hydrogen-bond donors (Lipinski definition) is 2. The lowest BCUT2D eigenvalue weighted by molar-refractivity contribution is 0.379. The fraction of sp³-hybridized carbons (Fsp3) is 0.583. The van der Waals surface area contributed by atoms with Gasteiger partial charge in [0.15, 0.2) is 0 Å². The van der Waals surface area contributed by atoms with Crippen LogP contribution in [0.4, 0.5) is 11.9 Å². The number of rotatable bonds is 8. The molecule has 0 saturated heterocycles. The van der Waals surface area contributed by atoms with E-state index < -0.39 is 0 Å². The Bertz CT molecular complexity index is 570. The summed E-state index contributed by atoms with van der Waals surface area (Å²) in [5, 5.41) is 14.1. The maximum atomic E-state index is 5.08. The summed E-state index contributed by atoms with van der Waals surface area (Å²) in [7, 11) is 3.44. The van der Waals surface area contributed by atoms with Gasteiger partial charge in [-0.05, 0) is 6.42 Å². The molecule has 0 fully saturated rings. The standard InChI is InChI=1S/C12H20N8O/c1-4-6-13-10-16-11(18-12(17-10)21-3)14-7-5-9-19-15-8-20(9)2/h8H,4-7H2,1-3H3,(H2,13,14,16,17,18). The van der Waals surface area contributed by atoms with E-state index in [0.29, 0.717) is 18.4 Å². The predicted octanol–water partition coefficient (Wildman–Crippen LogP) is 0.485. The minimum absolute atomic E-state index is 0.282. The van der Waals surface area contributed by atoms with Crippen LogP contribution in [0.1, 0.15) is 19.2 Å². The summed E-state index contributed by atoms with van der Waals surface area (Å²) in [6, 6.07) is 0.282. The SMILES string of the molecule is CCCNc1nc(NCCc2nncn2C)nc(OC)n1. The average Bonchev–Trinajstić information content (AvgIpc) is 2.90. The Morgan fingerprint density at radius 2 is 1.86 bits per heavy atom. The van der Waals surface area contributed by atoms with Crippen LogP contribution in [-0.2, 0) is 13.5 Å². The quantitative estimate of drug-likeness (QED) is 0.724. The van der Waals surface area contributed by atoms with Crippen molar-refractivity contribution in [2.24, 2.45) is 7.05 Å². The zero-order valence-corrected chi connectivity index (χ0v) is 12.5. The highest BCUT2D eigenvalue weighted by Crippen LogP contribution is 2.10. The van der Waals surface area contributed by atoms with Gasteiger partial charge in [-0.3, -0.25) is 0 Å². The number of aryl methyl sites for hydroxylation is 1. The Balaban J connectivity index is 1.96. The number of nitrogens with zero attached hydrogens (tertiary/aromatic N) is 6. The highest BCUT2D eigenvalue weighted by Gasteiger charge is 2.07. The smallest absolute Gasteiger partial charge is 0.322 e. The van der Waals surface area contributed by atoms with Crippen LogP contribution in [0.25, 0.3) is 0 Å². The van der Waals surface area contributed by atoms with Crippen LogP contribution in [0.2, 0.25) is 0 Å². The van der Waals surface area contributed by atoms with Crippen molar-refractivity contribution in [2.45, 2.75) is 19.8 Å². The molecule has 9 heteroatoms. The third-order valence-corrected chi connectivity index (χ3v) is 2.77. The summed E-state index contributed by atoms with van der Waals surface area (Å²) in [5.74, 6) is 1.88. The van der Waals surface area contributed by atoms with Gasteiger partial charge in [0.25, 0.3) is 0 Å². The van der Waals surface area contributed by atoms with E-state index in [4.69, 9.17) is 4.74 Å². The number of aromatic nitrogens is 6. The van der Waals surface area contributed by atoms with Crippen LogP contribution in [0.3, 0.4) is 0 Å². The molecule has 0 amide bonds. The summed E-state index contributed by atoms with van der Waals surface area (Å²) in [6.07, 6.45) is 3.39. The second-order valence-corrected chi connectivity index (χ2v) is 4.43. The van der Waals surface area contributed by atoms with Crippen LogP contribution in [0, 0.1) is 0 Å². The van der Waals surface area contributed by atoms with E-state index in [1.54, 1.807) is 6.33 Å². The van der Waals surface area contributed by atoms with Gasteiger partial charge in [0.2, 0.25) is 11.9 Å². The summed E-state index contributed by atoms with van der Waals surface area (Å²) in [5.41, 5.74) is 0. The molecule has 2 aromatic heterocycles. The molecule has 0 aliphatic rings. The van der Waals surface area contributed by atoms with Crippen molar-refractivity contribution in [3.8, 4) is 6.01 Å². The fourth-order valence-electron chi connectivity index (χ4n) is 1.66. The van der Waals surface area contributed by atoms with Crippen LogP contribution in [0.15, 0.2) is 6.33 Å². The van der Waals surface area contributed by atoms with E-state index in [9.17, 15) is 0 Å². The monoisotopic (exact) mass is 292 g/mol. The largest absolute Gasteiger partial charge is 0.467 e. The van der Waals surface area contributed by atoms with E-state index >= 15 is 0 Å². The first-order valence-corrected chi connectivity index (χ1v) is 6.83. The van der Waals surface area contributed by atoms with Crippen molar-refractivity contribution in [3.63, 3.8) is 0 Å². The maximum absolute atomic E-state index is 5.08. The first-order valence-electron chi connectivity index (χ1n) is 6.83. The van der Waals surface area contributed by atoms with Gasteiger partial charge in [-0.15, -0.1) is 10.2 Å². The summed E-state index contributed by atoms with van der Waals surface area (Å²) < 4.78 is 6.96. The van der Waals surface area contributed by atoms with Gasteiger partial charge in [0, 0.05) is 26.6 Å². The summed E-state index contributed by atoms with van der Waals surface area (Å²) in [6.45, 7) is 3.52. The Hall–Kier alpha value is -2.45. The molecule has 0 atom stereocenters. The Labute approximate surface area is 123 Å². The zero-order valence-electron chi connectivity index (χ0n) is 12.5. The molecule has 2 aromatic rings. The molecule has 9 nitrogen and oxygen atoms in total. The first-order chi connectivity index (χ1) is 10.2. The highest BCUT2D eigenvalue weighted by molar-refractivity contribution is 5.35. The van der Waals surface area contributed by atoms with Gasteiger partial charge in [0.1, 0.15) is 12.2 Å². The molecule has 21 heavy (non-hydrogen) atoms. The molecule has 2 N–H and O–H groups in total. The third kappa shape index (κ3) is 4.26. The molecule has 2 rings (SSSR count). The number of anilines is 2. The second kappa shape index (κ2) is 7.36. The molecule has 0 radical (unpaired) electrons. The third-order valence-electron chi connectivity index (χ3n) is 2.77. The molecule has 0 bridgehead atoms. The summed E-state index contributed by atoms with van der Waals surface area (Å²) in [4.78, 5) is 12.6. The molecule has 114 valence electrons. The lowest BCUT2D eigenvalue weighted by Gasteiger charge is -2.08. The van der Waals surface area contributed by atoms with Crippen molar-refractivity contribution < 1.29 is 4.74 Å². The Kier molecular flexibility index (Phi) is 5.24. The van der Waals surface area contributed by atoms with E-state index in [0.717, 1.165) is 25.2 Å². The number of methoxy groups -OCH3 is 1. The van der Waals surface area contributed by atoms with Gasteiger partial charge in [-0.25, -0.2) is 0 Å². The van der Waals surface area contributed by atoms with Gasteiger partial charge in [-0.1, -0.05) is 6.92 Å². The molecule has 0 aliphatic heterocycles.